The number of nitrogens with two attached hydrogens (primary N) is 1. The third-order valence-electron chi connectivity index (χ3n) is 2.45. The van der Waals surface area contributed by atoms with E-state index in [1.54, 1.807) is 17.5 Å². The van der Waals surface area contributed by atoms with E-state index in [1.165, 1.54) is 0 Å². The van der Waals surface area contributed by atoms with Gasteiger partial charge in [-0.2, -0.15) is 5.10 Å². The lowest BCUT2D eigenvalue weighted by Crippen LogP contribution is -2.30. The summed E-state index contributed by atoms with van der Waals surface area (Å²) in [6.07, 6.45) is 1.65. The molecule has 0 aliphatic carbocycles. The Kier molecular flexibility index (Phi) is 4.22. The third kappa shape index (κ3) is 2.56. The highest BCUT2D eigenvalue weighted by atomic mass is 79.9. The summed E-state index contributed by atoms with van der Waals surface area (Å²) in [5.74, 6) is 5.64. The van der Waals surface area contributed by atoms with Crippen LogP contribution in [0.3, 0.4) is 0 Å². The zero-order valence-electron chi connectivity index (χ0n) is 9.15. The monoisotopic (exact) mass is 334 g/mol. The molecule has 17 heavy (non-hydrogen) atoms. The first-order valence-corrected chi connectivity index (χ1v) is 7.13. The number of nitrogens with zero attached hydrogens (tertiary/aromatic N) is 2. The minimum absolute atomic E-state index is 0.138. The highest BCUT2D eigenvalue weighted by molar-refractivity contribution is 9.10. The molecule has 3 N–H and O–H groups in total. The van der Waals surface area contributed by atoms with E-state index in [9.17, 15) is 0 Å². The second kappa shape index (κ2) is 5.49. The van der Waals surface area contributed by atoms with Crippen LogP contribution in [0, 0.1) is 0 Å². The summed E-state index contributed by atoms with van der Waals surface area (Å²) in [6.45, 7) is 2.78. The van der Waals surface area contributed by atoms with Crippen molar-refractivity contribution in [3.63, 3.8) is 0 Å². The highest BCUT2D eigenvalue weighted by Crippen LogP contribution is 2.32. The van der Waals surface area contributed by atoms with E-state index < -0.39 is 0 Å². The fraction of sp³-hybridized carbons (Fsp3) is 0.300. The van der Waals surface area contributed by atoms with Crippen LogP contribution in [0.25, 0.3) is 0 Å². The van der Waals surface area contributed by atoms with Crippen molar-refractivity contribution in [3.05, 3.63) is 37.7 Å². The third-order valence-corrected chi connectivity index (χ3v) is 4.49. The molecule has 0 saturated carbocycles. The molecule has 1 atom stereocenters. The Bertz CT molecular complexity index is 510. The van der Waals surface area contributed by atoms with E-state index >= 15 is 0 Å². The van der Waals surface area contributed by atoms with E-state index in [1.807, 2.05) is 23.1 Å². The molecule has 0 aromatic carbocycles. The topological polar surface area (TPSA) is 55.9 Å². The smallest absolute Gasteiger partial charge is 0.0985 e. The minimum atomic E-state index is -0.138. The zero-order chi connectivity index (χ0) is 12.4. The lowest BCUT2D eigenvalue weighted by molar-refractivity contribution is 0.548. The van der Waals surface area contributed by atoms with Crippen molar-refractivity contribution in [3.8, 4) is 0 Å². The number of thiophene rings is 1. The molecule has 0 spiro atoms. The van der Waals surface area contributed by atoms with Gasteiger partial charge in [0.15, 0.2) is 0 Å². The molecule has 0 saturated heterocycles. The lowest BCUT2D eigenvalue weighted by atomic mass is 10.2. The van der Waals surface area contributed by atoms with Crippen LogP contribution >= 0.6 is 38.9 Å². The van der Waals surface area contributed by atoms with Crippen LogP contribution in [0.2, 0.25) is 5.02 Å². The maximum Gasteiger partial charge on any atom is 0.0985 e. The van der Waals surface area contributed by atoms with Crippen molar-refractivity contribution in [2.24, 2.45) is 5.84 Å². The maximum absolute atomic E-state index is 6.17. The number of aromatic nitrogens is 2. The Hall–Kier alpha value is -0.400. The number of aryl methyl sites for hydroxylation is 1. The summed E-state index contributed by atoms with van der Waals surface area (Å²) in [5, 5.41) is 6.86. The Balaban J connectivity index is 2.44. The first-order chi connectivity index (χ1) is 8.17. The van der Waals surface area contributed by atoms with Crippen molar-refractivity contribution in [1.82, 2.24) is 15.2 Å². The molecule has 2 aromatic heterocycles. The number of hydrogen-bond acceptors (Lipinski definition) is 4. The highest BCUT2D eigenvalue weighted by Gasteiger charge is 2.21. The van der Waals surface area contributed by atoms with Crippen LogP contribution in [0.5, 0.6) is 0 Å². The average Bonchev–Trinajstić information content (AvgIpc) is 2.89. The quantitative estimate of drug-likeness (QED) is 0.667. The Morgan fingerprint density at radius 1 is 1.71 bits per heavy atom. The van der Waals surface area contributed by atoms with E-state index in [0.717, 1.165) is 21.6 Å². The second-order valence-corrected chi connectivity index (χ2v) is 5.73. The molecule has 92 valence electrons. The first-order valence-electron chi connectivity index (χ1n) is 5.08. The normalized spacial score (nSPS) is 12.9. The van der Waals surface area contributed by atoms with Crippen LogP contribution in [-0.4, -0.2) is 9.78 Å². The fourth-order valence-electron chi connectivity index (χ4n) is 1.69. The molecule has 4 nitrogen and oxygen atoms in total. The number of nitrogens with one attached hydrogen (secondary N) is 1. The van der Waals surface area contributed by atoms with Crippen molar-refractivity contribution in [2.45, 2.75) is 19.5 Å². The number of hydrogen-bond donors (Lipinski definition) is 2. The molecule has 0 aliphatic rings. The van der Waals surface area contributed by atoms with Gasteiger partial charge in [-0.15, -0.1) is 11.3 Å². The van der Waals surface area contributed by atoms with Gasteiger partial charge in [-0.3, -0.25) is 10.5 Å². The van der Waals surface area contributed by atoms with Gasteiger partial charge in [0, 0.05) is 21.3 Å². The van der Waals surface area contributed by atoms with Gasteiger partial charge >= 0.3 is 0 Å². The van der Waals surface area contributed by atoms with Crippen LogP contribution in [0.4, 0.5) is 0 Å². The standard InChI is InChI=1S/C10H12BrClN4S/c1-2-16-10(7(12)4-14-16)9(15-13)8-3-6(11)5-17-8/h3-5,9,15H,2,13H2,1H3. The second-order valence-electron chi connectivity index (χ2n) is 3.46. The molecule has 1 unspecified atom stereocenters. The first kappa shape index (κ1) is 13.0. The molecular weight excluding hydrogens is 324 g/mol. The van der Waals surface area contributed by atoms with Crippen LogP contribution in [-0.2, 0) is 6.54 Å². The van der Waals surface area contributed by atoms with Gasteiger partial charge in [-0.1, -0.05) is 11.6 Å². The van der Waals surface area contributed by atoms with Crippen LogP contribution < -0.4 is 11.3 Å². The molecule has 2 aromatic rings. The van der Waals surface area contributed by atoms with Gasteiger partial charge in [0.25, 0.3) is 0 Å². The van der Waals surface area contributed by atoms with Crippen LogP contribution in [0.1, 0.15) is 23.5 Å². The molecule has 2 heterocycles. The van der Waals surface area contributed by atoms with E-state index in [2.05, 4.69) is 26.5 Å². The van der Waals surface area contributed by atoms with E-state index in [0.29, 0.717) is 5.02 Å². The molecular formula is C10H12BrClN4S. The predicted molar refractivity (Wildman–Crippen MR) is 74.1 cm³/mol. The van der Waals surface area contributed by atoms with Crippen molar-refractivity contribution < 1.29 is 0 Å². The number of rotatable bonds is 4. The summed E-state index contributed by atoms with van der Waals surface area (Å²) < 4.78 is 2.89. The summed E-state index contributed by atoms with van der Waals surface area (Å²) in [4.78, 5) is 1.09. The summed E-state index contributed by atoms with van der Waals surface area (Å²) >= 11 is 11.2. The SMILES string of the molecule is CCn1ncc(Cl)c1C(NN)c1cc(Br)cs1. The summed E-state index contributed by atoms with van der Waals surface area (Å²) in [6, 6.07) is 1.89. The zero-order valence-corrected chi connectivity index (χ0v) is 12.3. The minimum Gasteiger partial charge on any atom is -0.270 e. The van der Waals surface area contributed by atoms with E-state index in [-0.39, 0.29) is 6.04 Å². The molecule has 0 bridgehead atoms. The molecule has 0 fully saturated rings. The predicted octanol–water partition coefficient (Wildman–Crippen LogP) is 2.93. The average molecular weight is 336 g/mol. The molecule has 0 radical (unpaired) electrons. The maximum atomic E-state index is 6.17. The van der Waals surface area contributed by atoms with E-state index in [4.69, 9.17) is 17.4 Å². The van der Waals surface area contributed by atoms with Crippen LogP contribution in [0.15, 0.2) is 22.1 Å². The van der Waals surface area contributed by atoms with Crippen molar-refractivity contribution >= 4 is 38.9 Å². The Morgan fingerprint density at radius 3 is 3.00 bits per heavy atom. The van der Waals surface area contributed by atoms with Gasteiger partial charge in [-0.25, -0.2) is 5.43 Å². The van der Waals surface area contributed by atoms with Gasteiger partial charge in [0.2, 0.25) is 0 Å². The molecule has 0 aliphatic heterocycles. The Labute approximate surface area is 117 Å². The van der Waals surface area contributed by atoms with Gasteiger partial charge in [0.1, 0.15) is 0 Å². The van der Waals surface area contributed by atoms with Crippen molar-refractivity contribution in [2.75, 3.05) is 0 Å². The Morgan fingerprint density at radius 2 is 2.47 bits per heavy atom. The van der Waals surface area contributed by atoms with Crippen molar-refractivity contribution in [1.29, 1.82) is 0 Å². The molecule has 0 amide bonds. The fourth-order valence-corrected chi connectivity index (χ4v) is 3.44. The molecule has 7 heteroatoms. The van der Waals surface area contributed by atoms with Gasteiger partial charge < -0.3 is 0 Å². The summed E-state index contributed by atoms with van der Waals surface area (Å²) in [7, 11) is 0. The van der Waals surface area contributed by atoms with Gasteiger partial charge in [-0.05, 0) is 28.9 Å². The largest absolute Gasteiger partial charge is 0.270 e. The number of halogens is 2. The number of hydrazine groups is 1. The van der Waals surface area contributed by atoms with Gasteiger partial charge in [0.05, 0.1) is 23.0 Å². The summed E-state index contributed by atoms with van der Waals surface area (Å²) in [5.41, 5.74) is 3.69. The lowest BCUT2D eigenvalue weighted by Gasteiger charge is -2.16. The molecule has 2 rings (SSSR count).